The number of thioether (sulfide) groups is 2. The molecule has 2 aromatic rings. The van der Waals surface area contributed by atoms with E-state index in [0.29, 0.717) is 17.3 Å². The van der Waals surface area contributed by atoms with Crippen molar-refractivity contribution in [3.05, 3.63) is 23.4 Å². The number of hydrogen-bond donors (Lipinski definition) is 0. The summed E-state index contributed by atoms with van der Waals surface area (Å²) >= 11 is 4.65. The van der Waals surface area contributed by atoms with E-state index in [0.717, 1.165) is 32.3 Å². The molecule has 0 atom stereocenters. The van der Waals surface area contributed by atoms with Crippen molar-refractivity contribution in [1.82, 2.24) is 9.97 Å². The van der Waals surface area contributed by atoms with Gasteiger partial charge in [-0.25, -0.2) is 9.97 Å². The van der Waals surface area contributed by atoms with Crippen LogP contribution in [0.15, 0.2) is 21.6 Å². The second-order valence-corrected chi connectivity index (χ2v) is 11.9. The van der Waals surface area contributed by atoms with Crippen molar-refractivity contribution < 1.29 is 9.59 Å². The summed E-state index contributed by atoms with van der Waals surface area (Å²) in [5.74, 6) is 0.770. The Labute approximate surface area is 179 Å². The van der Waals surface area contributed by atoms with Gasteiger partial charge in [-0.15, -0.1) is 23.1 Å². The molecule has 3 rings (SSSR count). The minimum absolute atomic E-state index is 0.0423. The molecule has 0 saturated carbocycles. The molecule has 28 heavy (non-hydrogen) atoms. The molecule has 1 aliphatic carbocycles. The minimum atomic E-state index is -0.364. The SMILES string of the molecule is CSc1sc(-c2ccnc(SCC(=O)C(C)(C)C)n2)c2c1C(=O)CC(C)(C)C2. The maximum atomic E-state index is 12.8. The summed E-state index contributed by atoms with van der Waals surface area (Å²) in [6, 6.07) is 1.90. The molecule has 0 bridgehead atoms. The Hall–Kier alpha value is -1.18. The molecule has 2 aromatic heterocycles. The average Bonchev–Trinajstić information content (AvgIpc) is 2.96. The average molecular weight is 435 g/mol. The molecule has 7 heteroatoms. The molecule has 0 unspecified atom stereocenters. The van der Waals surface area contributed by atoms with Gasteiger partial charge >= 0.3 is 0 Å². The summed E-state index contributed by atoms with van der Waals surface area (Å²) < 4.78 is 1.07. The van der Waals surface area contributed by atoms with Gasteiger partial charge in [-0.2, -0.15) is 0 Å². The molecule has 0 N–H and O–H groups in total. The van der Waals surface area contributed by atoms with Crippen LogP contribution in [0.5, 0.6) is 0 Å². The third kappa shape index (κ3) is 4.52. The summed E-state index contributed by atoms with van der Waals surface area (Å²) in [4.78, 5) is 35.1. The predicted octanol–water partition coefficient (Wildman–Crippen LogP) is 5.79. The van der Waals surface area contributed by atoms with E-state index in [1.54, 1.807) is 29.3 Å². The normalized spacial score (nSPS) is 16.1. The van der Waals surface area contributed by atoms with Crippen LogP contribution in [0.2, 0.25) is 0 Å². The van der Waals surface area contributed by atoms with Crippen molar-refractivity contribution >= 4 is 46.4 Å². The maximum Gasteiger partial charge on any atom is 0.188 e. The van der Waals surface area contributed by atoms with Crippen LogP contribution >= 0.6 is 34.9 Å². The molecule has 0 fully saturated rings. The fraction of sp³-hybridized carbons (Fsp3) is 0.524. The molecule has 0 radical (unpaired) electrons. The van der Waals surface area contributed by atoms with Crippen molar-refractivity contribution in [1.29, 1.82) is 0 Å². The van der Waals surface area contributed by atoms with Gasteiger partial charge in [0.25, 0.3) is 0 Å². The van der Waals surface area contributed by atoms with Gasteiger partial charge in [0.2, 0.25) is 0 Å². The lowest BCUT2D eigenvalue weighted by molar-refractivity contribution is -0.123. The van der Waals surface area contributed by atoms with E-state index >= 15 is 0 Å². The number of thiophene rings is 1. The number of hydrogen-bond acceptors (Lipinski definition) is 7. The van der Waals surface area contributed by atoms with Crippen molar-refractivity contribution in [3.8, 4) is 10.6 Å². The van der Waals surface area contributed by atoms with Gasteiger partial charge in [-0.05, 0) is 29.7 Å². The Bertz CT molecular complexity index is 926. The number of fused-ring (bicyclic) bond motifs is 1. The van der Waals surface area contributed by atoms with Crippen LogP contribution in [0, 0.1) is 10.8 Å². The molecule has 0 saturated heterocycles. The van der Waals surface area contributed by atoms with Gasteiger partial charge in [0.05, 0.1) is 20.5 Å². The van der Waals surface area contributed by atoms with Crippen molar-refractivity contribution in [2.24, 2.45) is 10.8 Å². The summed E-state index contributed by atoms with van der Waals surface area (Å²) in [6.07, 6.45) is 5.22. The Morgan fingerprint density at radius 2 is 2.00 bits per heavy atom. The number of Topliss-reactive ketones (excluding diaryl/α,β-unsaturated/α-hetero) is 2. The Morgan fingerprint density at radius 1 is 1.29 bits per heavy atom. The van der Waals surface area contributed by atoms with Gasteiger partial charge in [-0.3, -0.25) is 9.59 Å². The van der Waals surface area contributed by atoms with Crippen molar-refractivity contribution in [2.45, 2.75) is 56.8 Å². The number of carbonyl (C=O) groups excluding carboxylic acids is 2. The zero-order valence-corrected chi connectivity index (χ0v) is 19.7. The summed E-state index contributed by atoms with van der Waals surface area (Å²) in [5.41, 5.74) is 2.45. The third-order valence-electron chi connectivity index (χ3n) is 4.77. The van der Waals surface area contributed by atoms with Gasteiger partial charge in [0, 0.05) is 23.6 Å². The molecule has 0 aliphatic heterocycles. The predicted molar refractivity (Wildman–Crippen MR) is 119 cm³/mol. The van der Waals surface area contributed by atoms with Gasteiger partial charge < -0.3 is 0 Å². The van der Waals surface area contributed by atoms with Crippen LogP contribution in [0.25, 0.3) is 10.6 Å². The smallest absolute Gasteiger partial charge is 0.188 e. The molecule has 0 amide bonds. The van der Waals surface area contributed by atoms with Crippen LogP contribution in [0.4, 0.5) is 0 Å². The standard InChI is InChI=1S/C21H26N2O2S3/c1-20(2,3)15(25)11-27-19-22-8-7-13(23-19)17-12-9-21(4,5)10-14(24)16(12)18(26-6)28-17/h7-8H,9-11H2,1-6H3. The number of carbonyl (C=O) groups is 2. The van der Waals surface area contributed by atoms with E-state index in [9.17, 15) is 9.59 Å². The maximum absolute atomic E-state index is 12.8. The van der Waals surface area contributed by atoms with Crippen LogP contribution in [-0.4, -0.2) is 33.5 Å². The Balaban J connectivity index is 1.95. The van der Waals surface area contributed by atoms with Gasteiger partial charge in [-0.1, -0.05) is 46.4 Å². The molecular weight excluding hydrogens is 408 g/mol. The fourth-order valence-electron chi connectivity index (χ4n) is 3.19. The first-order valence-electron chi connectivity index (χ1n) is 9.24. The monoisotopic (exact) mass is 434 g/mol. The lowest BCUT2D eigenvalue weighted by Gasteiger charge is -2.29. The van der Waals surface area contributed by atoms with Gasteiger partial charge in [0.1, 0.15) is 5.78 Å². The highest BCUT2D eigenvalue weighted by atomic mass is 32.2. The largest absolute Gasteiger partial charge is 0.298 e. The van der Waals surface area contributed by atoms with Crippen LogP contribution < -0.4 is 0 Å². The molecular formula is C21H26N2O2S3. The molecule has 1 aliphatic rings. The molecule has 150 valence electrons. The highest BCUT2D eigenvalue weighted by Crippen LogP contribution is 2.47. The molecule has 0 aromatic carbocycles. The van der Waals surface area contributed by atoms with Gasteiger partial charge in [0.15, 0.2) is 10.9 Å². The minimum Gasteiger partial charge on any atom is -0.298 e. The quantitative estimate of drug-likeness (QED) is 0.438. The summed E-state index contributed by atoms with van der Waals surface area (Å²) in [7, 11) is 0. The lowest BCUT2D eigenvalue weighted by Crippen LogP contribution is -2.26. The van der Waals surface area contributed by atoms with E-state index in [1.165, 1.54) is 11.8 Å². The number of aromatic nitrogens is 2. The number of nitrogens with zero attached hydrogens (tertiary/aromatic N) is 2. The zero-order chi connectivity index (χ0) is 20.7. The van der Waals surface area contributed by atoms with E-state index in [2.05, 4.69) is 18.8 Å². The first-order valence-corrected chi connectivity index (χ1v) is 12.3. The van der Waals surface area contributed by atoms with E-state index in [-0.39, 0.29) is 22.4 Å². The van der Waals surface area contributed by atoms with Crippen molar-refractivity contribution in [3.63, 3.8) is 0 Å². The fourth-order valence-corrected chi connectivity index (χ4v) is 6.25. The lowest BCUT2D eigenvalue weighted by atomic mass is 9.74. The third-order valence-corrected chi connectivity index (χ3v) is 8.00. The topological polar surface area (TPSA) is 59.9 Å². The van der Waals surface area contributed by atoms with Crippen LogP contribution in [0.1, 0.15) is 57.0 Å². The summed E-state index contributed by atoms with van der Waals surface area (Å²) in [6.45, 7) is 10.1. The van der Waals surface area contributed by atoms with E-state index in [4.69, 9.17) is 4.98 Å². The number of rotatable bonds is 5. The number of ketones is 2. The first-order chi connectivity index (χ1) is 13.0. The zero-order valence-electron chi connectivity index (χ0n) is 17.2. The van der Waals surface area contributed by atoms with Crippen LogP contribution in [-0.2, 0) is 11.2 Å². The molecule has 2 heterocycles. The first kappa shape index (κ1) is 21.5. The molecule has 0 spiro atoms. The Morgan fingerprint density at radius 3 is 2.64 bits per heavy atom. The second kappa shape index (κ2) is 7.92. The van der Waals surface area contributed by atoms with E-state index < -0.39 is 0 Å². The summed E-state index contributed by atoms with van der Waals surface area (Å²) in [5, 5.41) is 0.601. The molecule has 4 nitrogen and oxygen atoms in total. The van der Waals surface area contributed by atoms with Crippen LogP contribution in [0.3, 0.4) is 0 Å². The second-order valence-electron chi connectivity index (χ2n) is 8.90. The van der Waals surface area contributed by atoms with Crippen molar-refractivity contribution in [2.75, 3.05) is 12.0 Å². The highest BCUT2D eigenvalue weighted by molar-refractivity contribution is 8.00. The Kier molecular flexibility index (Phi) is 6.09. The van der Waals surface area contributed by atoms with E-state index in [1.807, 2.05) is 33.1 Å². The highest BCUT2D eigenvalue weighted by Gasteiger charge is 2.36.